The number of hydrogen-bond acceptors (Lipinski definition) is 5. The molecule has 2 heterocycles. The highest BCUT2D eigenvalue weighted by Crippen LogP contribution is 2.23. The van der Waals surface area contributed by atoms with Gasteiger partial charge in [-0.05, 0) is 43.5 Å². The fourth-order valence-corrected chi connectivity index (χ4v) is 2.79. The molecule has 20 heavy (non-hydrogen) atoms. The van der Waals surface area contributed by atoms with Gasteiger partial charge in [0.05, 0.1) is 6.20 Å². The van der Waals surface area contributed by atoms with Crippen molar-refractivity contribution >= 4 is 33.4 Å². The molecule has 3 rings (SSSR count). The molecule has 1 N–H and O–H groups in total. The first-order valence-electron chi connectivity index (χ1n) is 6.70. The van der Waals surface area contributed by atoms with Gasteiger partial charge in [-0.25, -0.2) is 0 Å². The van der Waals surface area contributed by atoms with Crippen molar-refractivity contribution in [2.75, 3.05) is 23.3 Å². The van der Waals surface area contributed by atoms with Crippen molar-refractivity contribution in [3.8, 4) is 0 Å². The Labute approximate surface area is 126 Å². The SMILES string of the molecule is Cc1cc(Br)ccc1Nc1cnnc(N2CCCC2)n1. The standard InChI is InChI=1S/C14H16BrN5/c1-10-8-11(15)4-5-12(10)17-13-9-16-19-14(18-13)20-6-2-3-7-20/h4-5,8-9H,2-3,6-7H2,1H3,(H,17,18,19). The van der Waals surface area contributed by atoms with Crippen LogP contribution in [0.3, 0.4) is 0 Å². The van der Waals surface area contributed by atoms with E-state index in [1.165, 1.54) is 12.8 Å². The maximum absolute atomic E-state index is 4.54. The zero-order valence-corrected chi connectivity index (χ0v) is 12.9. The molecule has 104 valence electrons. The number of rotatable bonds is 3. The molecule has 0 atom stereocenters. The fraction of sp³-hybridized carbons (Fsp3) is 0.357. The number of hydrogen-bond donors (Lipinski definition) is 1. The molecule has 5 nitrogen and oxygen atoms in total. The van der Waals surface area contributed by atoms with Crippen LogP contribution < -0.4 is 10.2 Å². The van der Waals surface area contributed by atoms with Crippen molar-refractivity contribution in [1.82, 2.24) is 15.2 Å². The third-order valence-electron chi connectivity index (χ3n) is 3.39. The van der Waals surface area contributed by atoms with Crippen molar-refractivity contribution in [2.24, 2.45) is 0 Å². The van der Waals surface area contributed by atoms with Gasteiger partial charge in [-0.1, -0.05) is 15.9 Å². The van der Waals surface area contributed by atoms with E-state index in [1.807, 2.05) is 12.1 Å². The van der Waals surface area contributed by atoms with Gasteiger partial charge in [-0.15, -0.1) is 5.10 Å². The molecule has 6 heteroatoms. The number of aryl methyl sites for hydroxylation is 1. The topological polar surface area (TPSA) is 53.9 Å². The number of benzene rings is 1. The second kappa shape index (κ2) is 5.75. The molecule has 1 aromatic carbocycles. The molecule has 1 saturated heterocycles. The summed E-state index contributed by atoms with van der Waals surface area (Å²) in [5, 5.41) is 11.5. The maximum Gasteiger partial charge on any atom is 0.247 e. The Morgan fingerprint density at radius 3 is 2.80 bits per heavy atom. The quantitative estimate of drug-likeness (QED) is 0.933. The van der Waals surface area contributed by atoms with E-state index in [2.05, 4.69) is 54.3 Å². The van der Waals surface area contributed by atoms with Gasteiger partial charge in [0.1, 0.15) is 0 Å². The lowest BCUT2D eigenvalue weighted by molar-refractivity contribution is 0.852. The van der Waals surface area contributed by atoms with E-state index >= 15 is 0 Å². The molecule has 0 spiro atoms. The Morgan fingerprint density at radius 2 is 2.05 bits per heavy atom. The van der Waals surface area contributed by atoms with E-state index in [-0.39, 0.29) is 0 Å². The molecule has 1 aliphatic heterocycles. The van der Waals surface area contributed by atoms with E-state index in [0.29, 0.717) is 5.95 Å². The second-order valence-corrected chi connectivity index (χ2v) is 5.84. The molecule has 0 bridgehead atoms. The summed E-state index contributed by atoms with van der Waals surface area (Å²) in [4.78, 5) is 6.72. The lowest BCUT2D eigenvalue weighted by atomic mass is 10.2. The minimum atomic E-state index is 0.710. The maximum atomic E-state index is 4.54. The van der Waals surface area contributed by atoms with Crippen LogP contribution in [-0.4, -0.2) is 28.3 Å². The molecule has 2 aromatic rings. The van der Waals surface area contributed by atoms with E-state index in [4.69, 9.17) is 0 Å². The van der Waals surface area contributed by atoms with Crippen molar-refractivity contribution in [3.63, 3.8) is 0 Å². The van der Waals surface area contributed by atoms with Crippen LogP contribution in [0.1, 0.15) is 18.4 Å². The molecule has 0 saturated carbocycles. The summed E-state index contributed by atoms with van der Waals surface area (Å²) < 4.78 is 1.07. The average Bonchev–Trinajstić information content (AvgIpc) is 2.96. The molecule has 1 fully saturated rings. The predicted octanol–water partition coefficient (Wildman–Crippen LogP) is 3.29. The van der Waals surface area contributed by atoms with Gasteiger partial charge in [0.2, 0.25) is 5.95 Å². The number of nitrogens with zero attached hydrogens (tertiary/aromatic N) is 4. The van der Waals surface area contributed by atoms with Crippen LogP contribution in [-0.2, 0) is 0 Å². The summed E-state index contributed by atoms with van der Waals surface area (Å²) in [5.41, 5.74) is 2.18. The Bertz CT molecular complexity index is 610. The van der Waals surface area contributed by atoms with E-state index in [1.54, 1.807) is 6.20 Å². The average molecular weight is 334 g/mol. The summed E-state index contributed by atoms with van der Waals surface area (Å²) in [5.74, 6) is 1.44. The Morgan fingerprint density at radius 1 is 1.25 bits per heavy atom. The van der Waals surface area contributed by atoms with E-state index in [0.717, 1.165) is 34.6 Å². The van der Waals surface area contributed by atoms with Crippen molar-refractivity contribution in [2.45, 2.75) is 19.8 Å². The molecule has 1 aromatic heterocycles. The number of aromatic nitrogens is 3. The molecule has 0 aliphatic carbocycles. The van der Waals surface area contributed by atoms with Crippen LogP contribution in [0.15, 0.2) is 28.9 Å². The summed E-state index contributed by atoms with van der Waals surface area (Å²) in [7, 11) is 0. The zero-order chi connectivity index (χ0) is 13.9. The number of anilines is 3. The van der Waals surface area contributed by atoms with Crippen LogP contribution in [0.25, 0.3) is 0 Å². The smallest absolute Gasteiger partial charge is 0.247 e. The van der Waals surface area contributed by atoms with Gasteiger partial charge in [0, 0.05) is 23.2 Å². The first kappa shape index (κ1) is 13.3. The molecule has 0 unspecified atom stereocenters. The largest absolute Gasteiger partial charge is 0.339 e. The summed E-state index contributed by atoms with van der Waals surface area (Å²) >= 11 is 3.47. The summed E-state index contributed by atoms with van der Waals surface area (Å²) in [6.07, 6.45) is 4.06. The van der Waals surface area contributed by atoms with Crippen LogP contribution in [0.4, 0.5) is 17.5 Å². The normalized spacial score (nSPS) is 14.6. The molecule has 1 aliphatic rings. The Balaban J connectivity index is 1.81. The molecular weight excluding hydrogens is 318 g/mol. The van der Waals surface area contributed by atoms with Gasteiger partial charge in [0.15, 0.2) is 5.82 Å². The fourth-order valence-electron chi connectivity index (χ4n) is 2.31. The minimum absolute atomic E-state index is 0.710. The van der Waals surface area contributed by atoms with Gasteiger partial charge < -0.3 is 10.2 Å². The monoisotopic (exact) mass is 333 g/mol. The third kappa shape index (κ3) is 2.90. The lowest BCUT2D eigenvalue weighted by Gasteiger charge is -2.15. The Hall–Kier alpha value is -1.69. The zero-order valence-electron chi connectivity index (χ0n) is 11.3. The van der Waals surface area contributed by atoms with E-state index < -0.39 is 0 Å². The second-order valence-electron chi connectivity index (χ2n) is 4.92. The predicted molar refractivity (Wildman–Crippen MR) is 83.4 cm³/mol. The number of halogens is 1. The first-order chi connectivity index (χ1) is 9.72. The highest BCUT2D eigenvalue weighted by molar-refractivity contribution is 9.10. The number of nitrogens with one attached hydrogen (secondary N) is 1. The highest BCUT2D eigenvalue weighted by Gasteiger charge is 2.15. The van der Waals surface area contributed by atoms with Gasteiger partial charge in [-0.3, -0.25) is 0 Å². The van der Waals surface area contributed by atoms with E-state index in [9.17, 15) is 0 Å². The summed E-state index contributed by atoms with van der Waals surface area (Å²) in [6.45, 7) is 4.09. The lowest BCUT2D eigenvalue weighted by Crippen LogP contribution is -2.21. The minimum Gasteiger partial charge on any atom is -0.339 e. The van der Waals surface area contributed by atoms with Crippen molar-refractivity contribution < 1.29 is 0 Å². The van der Waals surface area contributed by atoms with Crippen LogP contribution in [0, 0.1) is 6.92 Å². The summed E-state index contributed by atoms with van der Waals surface area (Å²) in [6, 6.07) is 6.10. The van der Waals surface area contributed by atoms with Gasteiger partial charge >= 0.3 is 0 Å². The Kier molecular flexibility index (Phi) is 3.82. The molecular formula is C14H16BrN5. The molecule has 0 radical (unpaired) electrons. The van der Waals surface area contributed by atoms with Gasteiger partial charge in [-0.2, -0.15) is 10.1 Å². The van der Waals surface area contributed by atoms with Crippen molar-refractivity contribution in [3.05, 3.63) is 34.4 Å². The first-order valence-corrected chi connectivity index (χ1v) is 7.49. The highest BCUT2D eigenvalue weighted by atomic mass is 79.9. The van der Waals surface area contributed by atoms with Crippen molar-refractivity contribution in [1.29, 1.82) is 0 Å². The van der Waals surface area contributed by atoms with Gasteiger partial charge in [0.25, 0.3) is 0 Å². The van der Waals surface area contributed by atoms with Crippen LogP contribution >= 0.6 is 15.9 Å². The van der Waals surface area contributed by atoms with Crippen LogP contribution in [0.5, 0.6) is 0 Å². The molecule has 0 amide bonds. The van der Waals surface area contributed by atoms with Crippen LogP contribution in [0.2, 0.25) is 0 Å². The third-order valence-corrected chi connectivity index (χ3v) is 3.88.